The molecular formula is C27H18O. The zero-order chi connectivity index (χ0) is 18.7. The lowest BCUT2D eigenvalue weighted by Gasteiger charge is -2.15. The maximum Gasteiger partial charge on any atom is 0.135 e. The van der Waals surface area contributed by atoms with Crippen molar-refractivity contribution in [3.05, 3.63) is 96.6 Å². The highest BCUT2D eigenvalue weighted by molar-refractivity contribution is 6.16. The summed E-state index contributed by atoms with van der Waals surface area (Å²) in [5.74, 6) is 0. The minimum Gasteiger partial charge on any atom is -0.456 e. The highest BCUT2D eigenvalue weighted by Crippen LogP contribution is 2.40. The average Bonchev–Trinajstić information content (AvgIpc) is 3.12. The van der Waals surface area contributed by atoms with Crippen molar-refractivity contribution in [1.82, 2.24) is 0 Å². The second-order valence-corrected chi connectivity index (χ2v) is 7.40. The third kappa shape index (κ3) is 2.07. The summed E-state index contributed by atoms with van der Waals surface area (Å²) in [7, 11) is 0. The van der Waals surface area contributed by atoms with Gasteiger partial charge in [0.1, 0.15) is 11.2 Å². The van der Waals surface area contributed by atoms with Gasteiger partial charge in [0.25, 0.3) is 0 Å². The molecule has 1 heteroatoms. The van der Waals surface area contributed by atoms with Crippen LogP contribution in [0.25, 0.3) is 54.6 Å². The van der Waals surface area contributed by atoms with E-state index in [-0.39, 0.29) is 0 Å². The number of rotatable bonds is 1. The Bertz CT molecular complexity index is 1460. The minimum absolute atomic E-state index is 0.936. The van der Waals surface area contributed by atoms with Crippen LogP contribution in [0.4, 0.5) is 0 Å². The smallest absolute Gasteiger partial charge is 0.135 e. The SMILES string of the molecule is Cc1c2ccccc2c(-c2ccc3oc4ccccc4c3c2)c2ccccc12. The molecule has 0 aliphatic heterocycles. The molecule has 6 rings (SSSR count). The lowest BCUT2D eigenvalue weighted by Crippen LogP contribution is -1.89. The summed E-state index contributed by atoms with van der Waals surface area (Å²) < 4.78 is 6.04. The van der Waals surface area contributed by atoms with Crippen LogP contribution in [-0.2, 0) is 0 Å². The van der Waals surface area contributed by atoms with Crippen LogP contribution in [0, 0.1) is 6.92 Å². The van der Waals surface area contributed by atoms with Gasteiger partial charge in [-0.15, -0.1) is 0 Å². The van der Waals surface area contributed by atoms with Crippen LogP contribution in [0.3, 0.4) is 0 Å². The van der Waals surface area contributed by atoms with Gasteiger partial charge in [-0.1, -0.05) is 72.8 Å². The third-order valence-corrected chi connectivity index (χ3v) is 5.87. The first kappa shape index (κ1) is 15.5. The van der Waals surface area contributed by atoms with E-state index in [0.29, 0.717) is 0 Å². The van der Waals surface area contributed by atoms with E-state index in [9.17, 15) is 0 Å². The lowest BCUT2D eigenvalue weighted by molar-refractivity contribution is 0.669. The van der Waals surface area contributed by atoms with Gasteiger partial charge in [-0.25, -0.2) is 0 Å². The van der Waals surface area contributed by atoms with Gasteiger partial charge in [0.15, 0.2) is 0 Å². The molecule has 0 saturated heterocycles. The summed E-state index contributed by atoms with van der Waals surface area (Å²) in [6, 6.07) is 32.3. The van der Waals surface area contributed by atoms with Crippen LogP contribution in [0.1, 0.15) is 5.56 Å². The molecule has 28 heavy (non-hydrogen) atoms. The maximum absolute atomic E-state index is 6.04. The molecule has 0 fully saturated rings. The first-order valence-corrected chi connectivity index (χ1v) is 9.63. The number of para-hydroxylation sites is 1. The Morgan fingerprint density at radius 3 is 1.71 bits per heavy atom. The van der Waals surface area contributed by atoms with Crippen molar-refractivity contribution in [2.75, 3.05) is 0 Å². The summed E-state index contributed by atoms with van der Waals surface area (Å²) in [5, 5.41) is 7.56. The predicted molar refractivity (Wildman–Crippen MR) is 119 cm³/mol. The molecule has 1 heterocycles. The molecule has 0 bridgehead atoms. The van der Waals surface area contributed by atoms with E-state index in [1.807, 2.05) is 12.1 Å². The van der Waals surface area contributed by atoms with Gasteiger partial charge in [0.05, 0.1) is 0 Å². The molecule has 0 aliphatic rings. The van der Waals surface area contributed by atoms with Crippen LogP contribution in [0.2, 0.25) is 0 Å². The van der Waals surface area contributed by atoms with Crippen molar-refractivity contribution in [3.8, 4) is 11.1 Å². The zero-order valence-corrected chi connectivity index (χ0v) is 15.6. The van der Waals surface area contributed by atoms with Crippen molar-refractivity contribution in [1.29, 1.82) is 0 Å². The Morgan fingerprint density at radius 2 is 1.04 bits per heavy atom. The van der Waals surface area contributed by atoms with Gasteiger partial charge in [0, 0.05) is 10.8 Å². The summed E-state index contributed by atoms with van der Waals surface area (Å²) in [4.78, 5) is 0. The first-order chi connectivity index (χ1) is 13.8. The lowest BCUT2D eigenvalue weighted by atomic mass is 9.88. The minimum atomic E-state index is 0.936. The number of aryl methyl sites for hydroxylation is 1. The van der Waals surface area contributed by atoms with Crippen LogP contribution in [0.15, 0.2) is 95.4 Å². The van der Waals surface area contributed by atoms with Crippen molar-refractivity contribution < 1.29 is 4.42 Å². The molecular weight excluding hydrogens is 340 g/mol. The molecule has 5 aromatic carbocycles. The summed E-state index contributed by atoms with van der Waals surface area (Å²) in [5.41, 5.74) is 5.74. The van der Waals surface area contributed by atoms with Gasteiger partial charge < -0.3 is 4.42 Å². The zero-order valence-electron chi connectivity index (χ0n) is 15.6. The predicted octanol–water partition coefficient (Wildman–Crippen LogP) is 7.87. The Hall–Kier alpha value is -3.58. The second-order valence-electron chi connectivity index (χ2n) is 7.40. The molecule has 0 saturated carbocycles. The number of hydrogen-bond donors (Lipinski definition) is 0. The quantitative estimate of drug-likeness (QED) is 0.273. The third-order valence-electron chi connectivity index (χ3n) is 5.87. The van der Waals surface area contributed by atoms with E-state index in [4.69, 9.17) is 4.42 Å². The highest BCUT2D eigenvalue weighted by atomic mass is 16.3. The second kappa shape index (κ2) is 5.71. The fourth-order valence-corrected chi connectivity index (χ4v) is 4.54. The molecule has 0 aliphatic carbocycles. The molecule has 0 unspecified atom stereocenters. The topological polar surface area (TPSA) is 13.1 Å². The van der Waals surface area contributed by atoms with E-state index in [1.165, 1.54) is 49.0 Å². The number of fused-ring (bicyclic) bond motifs is 5. The van der Waals surface area contributed by atoms with Crippen molar-refractivity contribution >= 4 is 43.5 Å². The van der Waals surface area contributed by atoms with Gasteiger partial charge in [-0.3, -0.25) is 0 Å². The molecule has 0 N–H and O–H groups in total. The van der Waals surface area contributed by atoms with Crippen LogP contribution in [-0.4, -0.2) is 0 Å². The molecule has 1 aromatic heterocycles. The molecule has 0 amide bonds. The largest absolute Gasteiger partial charge is 0.456 e. The maximum atomic E-state index is 6.04. The Kier molecular flexibility index (Phi) is 3.15. The van der Waals surface area contributed by atoms with Crippen molar-refractivity contribution in [3.63, 3.8) is 0 Å². The van der Waals surface area contributed by atoms with Gasteiger partial charge in [-0.05, 0) is 63.4 Å². The standard InChI is InChI=1S/C27H18O/c1-17-19-8-2-4-11-22(19)27(23-12-5-3-9-20(17)23)18-14-15-26-24(16-18)21-10-6-7-13-25(21)28-26/h2-16H,1H3. The number of furan rings is 1. The van der Waals surface area contributed by atoms with Crippen LogP contribution >= 0.6 is 0 Å². The van der Waals surface area contributed by atoms with E-state index < -0.39 is 0 Å². The molecule has 6 aromatic rings. The molecule has 0 spiro atoms. The van der Waals surface area contributed by atoms with Crippen molar-refractivity contribution in [2.45, 2.75) is 6.92 Å². The number of benzene rings is 5. The Morgan fingerprint density at radius 1 is 0.500 bits per heavy atom. The molecule has 132 valence electrons. The van der Waals surface area contributed by atoms with E-state index >= 15 is 0 Å². The summed E-state index contributed by atoms with van der Waals surface area (Å²) in [6.07, 6.45) is 0. The summed E-state index contributed by atoms with van der Waals surface area (Å²) >= 11 is 0. The first-order valence-electron chi connectivity index (χ1n) is 9.63. The monoisotopic (exact) mass is 358 g/mol. The Balaban J connectivity index is 1.79. The van der Waals surface area contributed by atoms with E-state index in [0.717, 1.165) is 11.2 Å². The normalized spacial score (nSPS) is 11.8. The molecule has 0 atom stereocenters. The highest BCUT2D eigenvalue weighted by Gasteiger charge is 2.14. The number of hydrogen-bond acceptors (Lipinski definition) is 1. The Labute approximate surface area is 162 Å². The van der Waals surface area contributed by atoms with Gasteiger partial charge in [0.2, 0.25) is 0 Å². The molecule has 0 radical (unpaired) electrons. The molecule has 1 nitrogen and oxygen atoms in total. The van der Waals surface area contributed by atoms with Crippen LogP contribution in [0.5, 0.6) is 0 Å². The van der Waals surface area contributed by atoms with E-state index in [1.54, 1.807) is 0 Å². The van der Waals surface area contributed by atoms with Gasteiger partial charge in [-0.2, -0.15) is 0 Å². The summed E-state index contributed by atoms with van der Waals surface area (Å²) in [6.45, 7) is 2.22. The average molecular weight is 358 g/mol. The fraction of sp³-hybridized carbons (Fsp3) is 0.0370. The van der Waals surface area contributed by atoms with Gasteiger partial charge >= 0.3 is 0 Å². The van der Waals surface area contributed by atoms with Crippen LogP contribution < -0.4 is 0 Å². The van der Waals surface area contributed by atoms with Crippen molar-refractivity contribution in [2.24, 2.45) is 0 Å². The van der Waals surface area contributed by atoms with E-state index in [2.05, 4.69) is 85.8 Å². The fourth-order valence-electron chi connectivity index (χ4n) is 4.54.